The van der Waals surface area contributed by atoms with Crippen LogP contribution >= 0.6 is 11.3 Å². The molecule has 0 unspecified atom stereocenters. The first-order chi connectivity index (χ1) is 12.0. The normalized spacial score (nSPS) is 14.4. The smallest absolute Gasteiger partial charge is 0.348 e. The molecule has 3 rings (SSSR count). The minimum atomic E-state index is -0.488. The van der Waals surface area contributed by atoms with Gasteiger partial charge in [-0.05, 0) is 31.2 Å². The highest BCUT2D eigenvalue weighted by Crippen LogP contribution is 2.16. The summed E-state index contributed by atoms with van der Waals surface area (Å²) < 4.78 is 10.2. The lowest BCUT2D eigenvalue weighted by molar-refractivity contribution is -0.136. The Morgan fingerprint density at radius 1 is 1.12 bits per heavy atom. The van der Waals surface area contributed by atoms with E-state index in [2.05, 4.69) is 0 Å². The molecule has 0 saturated carbocycles. The first-order valence-electron chi connectivity index (χ1n) is 7.88. The van der Waals surface area contributed by atoms with Gasteiger partial charge in [0.05, 0.1) is 6.26 Å². The van der Waals surface area contributed by atoms with Gasteiger partial charge in [0.15, 0.2) is 12.4 Å². The van der Waals surface area contributed by atoms with Crippen molar-refractivity contribution in [1.82, 2.24) is 9.80 Å². The van der Waals surface area contributed by atoms with Crippen molar-refractivity contribution in [3.05, 3.63) is 46.0 Å². The zero-order valence-corrected chi connectivity index (χ0v) is 14.6. The molecule has 0 bridgehead atoms. The zero-order chi connectivity index (χ0) is 17.8. The third kappa shape index (κ3) is 4.08. The average Bonchev–Trinajstić information content (AvgIpc) is 3.30. The SMILES string of the molecule is Cc1ccc(C(=O)OCC(=O)N2CCN(C(=O)c3ccco3)CC2)s1. The standard InChI is InChI=1S/C17H18N2O5S/c1-12-4-5-14(25-12)17(22)24-11-15(20)18-6-8-19(9-7-18)16(21)13-3-2-10-23-13/h2-5,10H,6-9,11H2,1H3. The molecule has 7 nitrogen and oxygen atoms in total. The van der Waals surface area contributed by atoms with Crippen LogP contribution in [0.15, 0.2) is 34.9 Å². The molecule has 8 heteroatoms. The molecule has 0 spiro atoms. The lowest BCUT2D eigenvalue weighted by Gasteiger charge is -2.34. The molecule has 25 heavy (non-hydrogen) atoms. The maximum Gasteiger partial charge on any atom is 0.348 e. The summed E-state index contributed by atoms with van der Waals surface area (Å²) in [4.78, 5) is 41.0. The molecule has 2 amide bonds. The summed E-state index contributed by atoms with van der Waals surface area (Å²) in [6.45, 7) is 3.26. The number of furan rings is 1. The van der Waals surface area contributed by atoms with E-state index in [4.69, 9.17) is 9.15 Å². The number of hydrogen-bond acceptors (Lipinski definition) is 6. The van der Waals surface area contributed by atoms with E-state index in [1.54, 1.807) is 28.0 Å². The first kappa shape index (κ1) is 17.2. The van der Waals surface area contributed by atoms with Crippen LogP contribution in [0.2, 0.25) is 0 Å². The van der Waals surface area contributed by atoms with Gasteiger partial charge in [0.2, 0.25) is 0 Å². The van der Waals surface area contributed by atoms with Crippen LogP contribution in [0.1, 0.15) is 25.1 Å². The predicted molar refractivity (Wildman–Crippen MR) is 90.5 cm³/mol. The lowest BCUT2D eigenvalue weighted by Crippen LogP contribution is -2.51. The fraction of sp³-hybridized carbons (Fsp3) is 0.353. The fourth-order valence-electron chi connectivity index (χ4n) is 2.55. The Morgan fingerprint density at radius 3 is 2.44 bits per heavy atom. The average molecular weight is 362 g/mol. The van der Waals surface area contributed by atoms with E-state index in [0.717, 1.165) is 4.88 Å². The van der Waals surface area contributed by atoms with Gasteiger partial charge < -0.3 is 19.0 Å². The van der Waals surface area contributed by atoms with E-state index in [9.17, 15) is 14.4 Å². The van der Waals surface area contributed by atoms with Crippen molar-refractivity contribution in [2.75, 3.05) is 32.8 Å². The Hall–Kier alpha value is -2.61. The molecular formula is C17H18N2O5S. The first-order valence-corrected chi connectivity index (χ1v) is 8.70. The molecule has 0 atom stereocenters. The molecule has 0 radical (unpaired) electrons. The monoisotopic (exact) mass is 362 g/mol. The van der Waals surface area contributed by atoms with Gasteiger partial charge in [-0.1, -0.05) is 0 Å². The van der Waals surface area contributed by atoms with Crippen LogP contribution < -0.4 is 0 Å². The number of piperazine rings is 1. The number of nitrogens with zero attached hydrogens (tertiary/aromatic N) is 2. The van der Waals surface area contributed by atoms with Crippen molar-refractivity contribution in [3.8, 4) is 0 Å². The highest BCUT2D eigenvalue weighted by molar-refractivity contribution is 7.13. The molecular weight excluding hydrogens is 344 g/mol. The van der Waals surface area contributed by atoms with Gasteiger partial charge in [0, 0.05) is 31.1 Å². The van der Waals surface area contributed by atoms with E-state index >= 15 is 0 Å². The van der Waals surface area contributed by atoms with Crippen molar-refractivity contribution in [3.63, 3.8) is 0 Å². The maximum atomic E-state index is 12.2. The van der Waals surface area contributed by atoms with Crippen LogP contribution in [-0.4, -0.2) is 60.4 Å². The van der Waals surface area contributed by atoms with Crippen molar-refractivity contribution in [2.24, 2.45) is 0 Å². The molecule has 0 aromatic carbocycles. The number of aryl methyl sites for hydroxylation is 1. The summed E-state index contributed by atoms with van der Waals surface area (Å²) in [5, 5.41) is 0. The maximum absolute atomic E-state index is 12.2. The van der Waals surface area contributed by atoms with E-state index in [-0.39, 0.29) is 18.4 Å². The van der Waals surface area contributed by atoms with Gasteiger partial charge in [-0.25, -0.2) is 4.79 Å². The number of hydrogen-bond donors (Lipinski definition) is 0. The van der Waals surface area contributed by atoms with Crippen molar-refractivity contribution in [2.45, 2.75) is 6.92 Å². The van der Waals surface area contributed by atoms with Crippen LogP contribution in [-0.2, 0) is 9.53 Å². The quantitative estimate of drug-likeness (QED) is 0.775. The second kappa shape index (κ2) is 7.52. The number of ether oxygens (including phenoxy) is 1. The highest BCUT2D eigenvalue weighted by Gasteiger charge is 2.26. The third-order valence-electron chi connectivity index (χ3n) is 3.92. The van der Waals surface area contributed by atoms with Crippen molar-refractivity contribution >= 4 is 29.1 Å². The van der Waals surface area contributed by atoms with Gasteiger partial charge in [0.25, 0.3) is 11.8 Å². The molecule has 0 N–H and O–H groups in total. The summed E-state index contributed by atoms with van der Waals surface area (Å²) >= 11 is 1.33. The van der Waals surface area contributed by atoms with Crippen LogP contribution in [0.25, 0.3) is 0 Å². The second-order valence-electron chi connectivity index (χ2n) is 5.64. The zero-order valence-electron chi connectivity index (χ0n) is 13.8. The summed E-state index contributed by atoms with van der Waals surface area (Å²) in [7, 11) is 0. The van der Waals surface area contributed by atoms with E-state index in [1.165, 1.54) is 17.6 Å². The summed E-state index contributed by atoms with van der Waals surface area (Å²) in [5.41, 5.74) is 0. The van der Waals surface area contributed by atoms with Crippen molar-refractivity contribution < 1.29 is 23.5 Å². The molecule has 1 fully saturated rings. The number of thiophene rings is 1. The minimum absolute atomic E-state index is 0.184. The molecule has 2 aromatic heterocycles. The van der Waals surface area contributed by atoms with Crippen LogP contribution in [0, 0.1) is 6.92 Å². The van der Waals surface area contributed by atoms with Gasteiger partial charge in [-0.2, -0.15) is 0 Å². The predicted octanol–water partition coefficient (Wildman–Crippen LogP) is 1.79. The second-order valence-corrected chi connectivity index (χ2v) is 6.92. The topological polar surface area (TPSA) is 80.1 Å². The molecule has 2 aromatic rings. The van der Waals surface area contributed by atoms with Gasteiger partial charge >= 0.3 is 5.97 Å². The number of amides is 2. The number of rotatable bonds is 4. The number of carbonyl (C=O) groups is 3. The Labute approximate surface area is 148 Å². The molecule has 0 aliphatic carbocycles. The number of esters is 1. The lowest BCUT2D eigenvalue weighted by atomic mass is 10.3. The molecule has 1 aliphatic rings. The fourth-order valence-corrected chi connectivity index (χ4v) is 3.31. The third-order valence-corrected chi connectivity index (χ3v) is 4.90. The van der Waals surface area contributed by atoms with Gasteiger partial charge in [-0.3, -0.25) is 9.59 Å². The summed E-state index contributed by atoms with van der Waals surface area (Å²) in [6, 6.07) is 6.80. The molecule has 3 heterocycles. The van der Waals surface area contributed by atoms with Crippen LogP contribution in [0.3, 0.4) is 0 Å². The molecule has 1 saturated heterocycles. The van der Waals surface area contributed by atoms with E-state index in [1.807, 2.05) is 13.0 Å². The molecule has 132 valence electrons. The molecule has 1 aliphatic heterocycles. The van der Waals surface area contributed by atoms with Crippen LogP contribution in [0.4, 0.5) is 0 Å². The highest BCUT2D eigenvalue weighted by atomic mass is 32.1. The minimum Gasteiger partial charge on any atom is -0.459 e. The Morgan fingerprint density at radius 2 is 1.84 bits per heavy atom. The Bertz CT molecular complexity index is 760. The summed E-state index contributed by atoms with van der Waals surface area (Å²) in [5.74, 6) is -0.638. The van der Waals surface area contributed by atoms with Gasteiger partial charge in [-0.15, -0.1) is 11.3 Å². The largest absolute Gasteiger partial charge is 0.459 e. The van der Waals surface area contributed by atoms with Crippen molar-refractivity contribution in [1.29, 1.82) is 0 Å². The number of carbonyl (C=O) groups excluding carboxylic acids is 3. The summed E-state index contributed by atoms with van der Waals surface area (Å²) in [6.07, 6.45) is 1.45. The van der Waals surface area contributed by atoms with Crippen LogP contribution in [0.5, 0.6) is 0 Å². The van der Waals surface area contributed by atoms with Gasteiger partial charge in [0.1, 0.15) is 4.88 Å². The Kier molecular flexibility index (Phi) is 5.18. The van der Waals surface area contributed by atoms with E-state index in [0.29, 0.717) is 36.8 Å². The Balaban J connectivity index is 1.45. The van der Waals surface area contributed by atoms with E-state index < -0.39 is 5.97 Å².